The average molecular weight is 505 g/mol. The van der Waals surface area contributed by atoms with Crippen LogP contribution in [0.25, 0.3) is 0 Å². The molecule has 200 valence electrons. The van der Waals surface area contributed by atoms with E-state index in [4.69, 9.17) is 33.5 Å². The predicted molar refractivity (Wildman–Crippen MR) is 113 cm³/mol. The minimum Gasteiger partial charge on any atom is -0.479 e. The van der Waals surface area contributed by atoms with Crippen molar-refractivity contribution in [1.82, 2.24) is 0 Å². The number of carbonyl (C=O) groups is 1. The van der Waals surface area contributed by atoms with Crippen molar-refractivity contribution >= 4 is 5.97 Å². The van der Waals surface area contributed by atoms with E-state index in [0.717, 1.165) is 0 Å². The Labute approximate surface area is 203 Å². The van der Waals surface area contributed by atoms with Gasteiger partial charge in [-0.1, -0.05) is 13.8 Å². The van der Waals surface area contributed by atoms with Crippen LogP contribution in [-0.4, -0.2) is 93.8 Å². The number of aliphatic carboxylic acids is 1. The molecular formula is C23H36O12. The average Bonchev–Trinajstić information content (AvgIpc) is 3.04. The molecule has 0 aromatic rings. The zero-order valence-electron chi connectivity index (χ0n) is 20.3. The van der Waals surface area contributed by atoms with Crippen LogP contribution >= 0.6 is 0 Å². The molecule has 0 unspecified atom stereocenters. The summed E-state index contributed by atoms with van der Waals surface area (Å²) in [6.07, 6.45) is -8.31. The minimum absolute atomic E-state index is 0.114. The van der Waals surface area contributed by atoms with E-state index >= 15 is 0 Å². The van der Waals surface area contributed by atoms with Crippen LogP contribution in [0.4, 0.5) is 0 Å². The van der Waals surface area contributed by atoms with Gasteiger partial charge >= 0.3 is 5.97 Å². The van der Waals surface area contributed by atoms with Crippen molar-refractivity contribution in [1.29, 1.82) is 0 Å². The lowest BCUT2D eigenvalue weighted by atomic mass is 9.57. The molecule has 1 spiro atoms. The summed E-state index contributed by atoms with van der Waals surface area (Å²) in [5.74, 6) is -2.99. The molecule has 0 aromatic carbocycles. The standard InChI is InChI=1S/C23H36O12/c1-5-29-19-10(3)12-8-13(30-20-16(26)14(24)15(25)17(31-20)18(27)28)9(2)11-6-7-22(4)33-21(32-19)23(11,12)35-34-22/h9-17,19-21,24-26H,5-8H2,1-4H3,(H,27,28)/t9-,10+,11-,12-,13-,14-,15-,16+,17-,19-,20+,21+,22+,23+/m0/s1. The second-order valence-corrected chi connectivity index (χ2v) is 10.7. The molecular weight excluding hydrogens is 468 g/mol. The van der Waals surface area contributed by atoms with Gasteiger partial charge in [-0.25, -0.2) is 14.6 Å². The fourth-order valence-electron chi connectivity index (χ4n) is 6.68. The highest BCUT2D eigenvalue weighted by molar-refractivity contribution is 5.73. The molecule has 35 heavy (non-hydrogen) atoms. The van der Waals surface area contributed by atoms with Crippen molar-refractivity contribution in [3.8, 4) is 0 Å². The summed E-state index contributed by atoms with van der Waals surface area (Å²) in [6, 6.07) is 0. The summed E-state index contributed by atoms with van der Waals surface area (Å²) in [4.78, 5) is 23.5. The van der Waals surface area contributed by atoms with Crippen LogP contribution in [0.15, 0.2) is 0 Å². The summed E-state index contributed by atoms with van der Waals surface area (Å²) in [5, 5.41) is 40.2. The molecule has 5 saturated heterocycles. The number of rotatable bonds is 5. The number of fused-ring (bicyclic) bond motifs is 2. The van der Waals surface area contributed by atoms with Crippen molar-refractivity contribution in [3.63, 3.8) is 0 Å². The molecule has 0 aromatic heterocycles. The van der Waals surface area contributed by atoms with Gasteiger partial charge < -0.3 is 44.1 Å². The molecule has 6 fully saturated rings. The van der Waals surface area contributed by atoms with Crippen LogP contribution < -0.4 is 0 Å². The summed E-state index contributed by atoms with van der Waals surface area (Å²) in [6.45, 7) is 8.16. The van der Waals surface area contributed by atoms with Crippen LogP contribution in [0, 0.1) is 23.7 Å². The Morgan fingerprint density at radius 3 is 2.43 bits per heavy atom. The quantitative estimate of drug-likeness (QED) is 0.375. The highest BCUT2D eigenvalue weighted by Gasteiger charge is 2.71. The molecule has 0 radical (unpaired) electrons. The zero-order chi connectivity index (χ0) is 25.3. The number of hydrogen-bond donors (Lipinski definition) is 4. The van der Waals surface area contributed by atoms with Gasteiger partial charge in [0.1, 0.15) is 18.3 Å². The van der Waals surface area contributed by atoms with Gasteiger partial charge in [0.05, 0.1) is 6.10 Å². The lowest BCUT2D eigenvalue weighted by molar-refractivity contribution is -0.579. The van der Waals surface area contributed by atoms with Crippen molar-refractivity contribution in [2.45, 2.75) is 108 Å². The van der Waals surface area contributed by atoms with Crippen molar-refractivity contribution in [3.05, 3.63) is 0 Å². The second-order valence-electron chi connectivity index (χ2n) is 10.7. The number of aliphatic hydroxyl groups is 3. The van der Waals surface area contributed by atoms with Gasteiger partial charge in [0, 0.05) is 30.8 Å². The smallest absolute Gasteiger partial charge is 0.335 e. The molecule has 5 aliphatic heterocycles. The SMILES string of the molecule is CCO[C@H]1O[C@@H]2O[C@@]3(C)CC[C@H]4[C@H](C)[C@@H](O[C@@H]5O[C@H](C(=O)O)[C@@H](O)[C@H](O)[C@H]5O)C[C@@H]([C@H]1C)[C@@]24OO3. The first-order valence-electron chi connectivity index (χ1n) is 12.4. The van der Waals surface area contributed by atoms with Crippen molar-refractivity contribution < 1.29 is 58.7 Å². The van der Waals surface area contributed by atoms with Crippen LogP contribution in [0.2, 0.25) is 0 Å². The number of carboxylic acids is 1. The highest BCUT2D eigenvalue weighted by Crippen LogP contribution is 2.61. The molecule has 12 nitrogen and oxygen atoms in total. The molecule has 12 heteroatoms. The van der Waals surface area contributed by atoms with Gasteiger partial charge in [0.2, 0.25) is 5.79 Å². The van der Waals surface area contributed by atoms with Crippen LogP contribution in [-0.2, 0) is 38.3 Å². The maximum absolute atomic E-state index is 11.5. The maximum Gasteiger partial charge on any atom is 0.335 e. The van der Waals surface area contributed by atoms with Crippen LogP contribution in [0.3, 0.4) is 0 Å². The molecule has 1 saturated carbocycles. The predicted octanol–water partition coefficient (Wildman–Crippen LogP) is 0.118. The monoisotopic (exact) mass is 504 g/mol. The molecule has 6 aliphatic rings. The van der Waals surface area contributed by atoms with E-state index in [-0.39, 0.29) is 23.7 Å². The van der Waals surface area contributed by atoms with E-state index < -0.39 is 66.7 Å². The largest absolute Gasteiger partial charge is 0.479 e. The van der Waals surface area contributed by atoms with E-state index in [1.807, 2.05) is 27.7 Å². The molecule has 4 N–H and O–H groups in total. The van der Waals surface area contributed by atoms with E-state index in [1.54, 1.807) is 0 Å². The van der Waals surface area contributed by atoms with E-state index in [9.17, 15) is 25.2 Å². The summed E-state index contributed by atoms with van der Waals surface area (Å²) < 4.78 is 30.0. The van der Waals surface area contributed by atoms with Gasteiger partial charge in [-0.2, -0.15) is 0 Å². The summed E-state index contributed by atoms with van der Waals surface area (Å²) in [5.41, 5.74) is -0.895. The van der Waals surface area contributed by atoms with Crippen LogP contribution in [0.1, 0.15) is 47.0 Å². The Bertz CT molecular complexity index is 811. The number of aliphatic hydroxyl groups excluding tert-OH is 3. The van der Waals surface area contributed by atoms with Gasteiger partial charge in [0.25, 0.3) is 0 Å². The minimum atomic E-state index is -1.78. The Hall–Kier alpha value is -0.930. The van der Waals surface area contributed by atoms with Gasteiger partial charge in [-0.3, -0.25) is 0 Å². The van der Waals surface area contributed by atoms with Crippen molar-refractivity contribution in [2.24, 2.45) is 23.7 Å². The maximum atomic E-state index is 11.5. The van der Waals surface area contributed by atoms with Crippen molar-refractivity contribution in [2.75, 3.05) is 6.61 Å². The lowest BCUT2D eigenvalue weighted by Gasteiger charge is -2.61. The fourth-order valence-corrected chi connectivity index (χ4v) is 6.68. The summed E-state index contributed by atoms with van der Waals surface area (Å²) in [7, 11) is 0. The van der Waals surface area contributed by atoms with Gasteiger partial charge in [0.15, 0.2) is 30.6 Å². The number of hydrogen-bond acceptors (Lipinski definition) is 11. The third-order valence-corrected chi connectivity index (χ3v) is 8.64. The molecule has 0 amide bonds. The molecule has 5 heterocycles. The Morgan fingerprint density at radius 1 is 1.00 bits per heavy atom. The number of ether oxygens (including phenoxy) is 5. The molecule has 2 bridgehead atoms. The first kappa shape index (κ1) is 25.7. The second kappa shape index (κ2) is 9.12. The van der Waals surface area contributed by atoms with E-state index in [0.29, 0.717) is 25.9 Å². The lowest BCUT2D eigenvalue weighted by Crippen LogP contribution is -2.72. The van der Waals surface area contributed by atoms with Gasteiger partial charge in [-0.15, -0.1) is 0 Å². The molecule has 1 aliphatic carbocycles. The van der Waals surface area contributed by atoms with E-state index in [2.05, 4.69) is 0 Å². The normalized spacial score (nSPS) is 55.7. The first-order chi connectivity index (χ1) is 16.5. The van der Waals surface area contributed by atoms with Crippen LogP contribution in [0.5, 0.6) is 0 Å². The Balaban J connectivity index is 1.45. The number of carboxylic acid groups (broad SMARTS) is 1. The third-order valence-electron chi connectivity index (χ3n) is 8.64. The summed E-state index contributed by atoms with van der Waals surface area (Å²) >= 11 is 0. The Kier molecular flexibility index (Phi) is 6.70. The first-order valence-corrected chi connectivity index (χ1v) is 12.4. The van der Waals surface area contributed by atoms with Gasteiger partial charge in [-0.05, 0) is 32.6 Å². The Morgan fingerprint density at radius 2 is 1.74 bits per heavy atom. The highest BCUT2D eigenvalue weighted by atomic mass is 17.3. The van der Waals surface area contributed by atoms with E-state index in [1.165, 1.54) is 0 Å². The molecule has 6 rings (SSSR count). The topological polar surface area (TPSA) is 163 Å². The third kappa shape index (κ3) is 3.94. The fraction of sp³-hybridized carbons (Fsp3) is 0.957. The molecule has 14 atom stereocenters. The zero-order valence-corrected chi connectivity index (χ0v) is 20.3.